The van der Waals surface area contributed by atoms with Gasteiger partial charge in [0.2, 0.25) is 0 Å². The molecule has 2 heterocycles. The molecule has 0 unspecified atom stereocenters. The minimum absolute atomic E-state index is 0.196. The summed E-state index contributed by atoms with van der Waals surface area (Å²) in [4.78, 5) is 25.6. The first-order chi connectivity index (χ1) is 12.6. The summed E-state index contributed by atoms with van der Waals surface area (Å²) in [6.45, 7) is 1.85. The van der Waals surface area contributed by atoms with Crippen LogP contribution in [-0.4, -0.2) is 18.9 Å². The Labute approximate surface area is 158 Å². The molecule has 0 saturated heterocycles. The first kappa shape index (κ1) is 16.8. The highest BCUT2D eigenvalue weighted by Crippen LogP contribution is 2.39. The number of rotatable bonds is 3. The smallest absolute Gasteiger partial charge is 0.265 e. The summed E-state index contributed by atoms with van der Waals surface area (Å²) in [6, 6.07) is 15.6. The lowest BCUT2D eigenvalue weighted by Crippen LogP contribution is -2.22. The second-order valence-corrected chi connectivity index (χ2v) is 8.07. The number of carbonyl (C=O) groups is 2. The number of anilines is 1. The van der Waals surface area contributed by atoms with Crippen LogP contribution in [0.3, 0.4) is 0 Å². The number of benzene rings is 2. The number of thiophene rings is 2. The van der Waals surface area contributed by atoms with Crippen molar-refractivity contribution in [1.29, 1.82) is 0 Å². The van der Waals surface area contributed by atoms with Crippen molar-refractivity contribution in [2.24, 2.45) is 0 Å². The van der Waals surface area contributed by atoms with Crippen LogP contribution in [0.4, 0.5) is 5.69 Å². The van der Waals surface area contributed by atoms with Gasteiger partial charge < -0.3 is 10.6 Å². The average Bonchev–Trinajstić information content (AvgIpc) is 3.19. The van der Waals surface area contributed by atoms with Crippen LogP contribution in [-0.2, 0) is 0 Å². The minimum Gasteiger partial charge on any atom is -0.355 e. The van der Waals surface area contributed by atoms with E-state index in [4.69, 9.17) is 0 Å². The van der Waals surface area contributed by atoms with Crippen LogP contribution >= 0.6 is 22.7 Å². The van der Waals surface area contributed by atoms with Crippen LogP contribution in [0.1, 0.15) is 25.6 Å². The van der Waals surface area contributed by atoms with Gasteiger partial charge >= 0.3 is 0 Å². The van der Waals surface area contributed by atoms with Crippen LogP contribution in [0.15, 0.2) is 48.5 Å². The largest absolute Gasteiger partial charge is 0.355 e. The molecule has 4 rings (SSSR count). The van der Waals surface area contributed by atoms with Crippen molar-refractivity contribution in [3.63, 3.8) is 0 Å². The molecule has 4 aromatic rings. The second-order valence-electron chi connectivity index (χ2n) is 5.93. The zero-order valence-corrected chi connectivity index (χ0v) is 15.9. The summed E-state index contributed by atoms with van der Waals surface area (Å²) in [5.74, 6) is -0.408. The Hall–Kier alpha value is -2.70. The van der Waals surface area contributed by atoms with E-state index in [-0.39, 0.29) is 11.8 Å². The summed E-state index contributed by atoms with van der Waals surface area (Å²) >= 11 is 3.17. The fourth-order valence-electron chi connectivity index (χ4n) is 2.99. The monoisotopic (exact) mass is 380 g/mol. The molecular formula is C20H16N2O2S2. The molecule has 130 valence electrons. The standard InChI is InChI=1S/C20H16N2O2S2/c1-11-6-5-8-13(17(11)20(24)21-2)22-19(23)16-10-15-18(26-16)12-7-3-4-9-14(12)25-15/h3-10H,1-2H3,(H,21,24)(H,22,23). The van der Waals surface area contributed by atoms with Crippen molar-refractivity contribution in [1.82, 2.24) is 5.32 Å². The molecule has 2 amide bonds. The minimum atomic E-state index is -0.212. The molecule has 4 nitrogen and oxygen atoms in total. The Morgan fingerprint density at radius 3 is 2.54 bits per heavy atom. The lowest BCUT2D eigenvalue weighted by atomic mass is 10.1. The summed E-state index contributed by atoms with van der Waals surface area (Å²) in [7, 11) is 1.58. The molecular weight excluding hydrogens is 364 g/mol. The lowest BCUT2D eigenvalue weighted by molar-refractivity contribution is 0.0963. The van der Waals surface area contributed by atoms with Gasteiger partial charge in [-0.1, -0.05) is 30.3 Å². The van der Waals surface area contributed by atoms with Gasteiger partial charge in [-0.05, 0) is 30.7 Å². The Morgan fingerprint density at radius 2 is 1.73 bits per heavy atom. The number of hydrogen-bond donors (Lipinski definition) is 2. The molecule has 2 aromatic carbocycles. The van der Waals surface area contributed by atoms with Gasteiger partial charge in [-0.2, -0.15) is 0 Å². The highest BCUT2D eigenvalue weighted by atomic mass is 32.1. The van der Waals surface area contributed by atoms with E-state index in [9.17, 15) is 9.59 Å². The number of aryl methyl sites for hydroxylation is 1. The molecule has 0 fully saturated rings. The molecule has 6 heteroatoms. The Kier molecular flexibility index (Phi) is 4.22. The second kappa shape index (κ2) is 6.55. The van der Waals surface area contributed by atoms with Gasteiger partial charge in [0.1, 0.15) is 0 Å². The number of hydrogen-bond acceptors (Lipinski definition) is 4. The van der Waals surface area contributed by atoms with E-state index >= 15 is 0 Å². The molecule has 0 aliphatic rings. The molecule has 2 N–H and O–H groups in total. The first-order valence-corrected chi connectivity index (χ1v) is 9.76. The lowest BCUT2D eigenvalue weighted by Gasteiger charge is -2.12. The fraction of sp³-hybridized carbons (Fsp3) is 0.100. The zero-order valence-electron chi connectivity index (χ0n) is 14.3. The normalized spacial score (nSPS) is 11.0. The van der Waals surface area contributed by atoms with Crippen LogP contribution in [0.5, 0.6) is 0 Å². The van der Waals surface area contributed by atoms with Gasteiger partial charge in [0.05, 0.1) is 20.8 Å². The third-order valence-electron chi connectivity index (χ3n) is 4.25. The maximum atomic E-state index is 12.8. The van der Waals surface area contributed by atoms with Gasteiger partial charge in [0.25, 0.3) is 11.8 Å². The van der Waals surface area contributed by atoms with E-state index < -0.39 is 0 Å². The Balaban J connectivity index is 1.70. The summed E-state index contributed by atoms with van der Waals surface area (Å²) in [5.41, 5.74) is 1.84. The summed E-state index contributed by atoms with van der Waals surface area (Å²) in [5, 5.41) is 6.70. The predicted octanol–water partition coefficient (Wildman–Crippen LogP) is 5.04. The van der Waals surface area contributed by atoms with Crippen molar-refractivity contribution in [3.05, 3.63) is 64.5 Å². The van der Waals surface area contributed by atoms with Crippen molar-refractivity contribution in [3.8, 4) is 0 Å². The molecule has 0 aliphatic carbocycles. The van der Waals surface area contributed by atoms with E-state index in [1.165, 1.54) is 21.4 Å². The molecule has 0 bridgehead atoms. The van der Waals surface area contributed by atoms with Crippen molar-refractivity contribution in [2.75, 3.05) is 12.4 Å². The van der Waals surface area contributed by atoms with E-state index in [1.54, 1.807) is 24.5 Å². The SMILES string of the molecule is CNC(=O)c1c(C)cccc1NC(=O)c1cc2sc3ccccc3c2s1. The van der Waals surface area contributed by atoms with Gasteiger partial charge in [-0.25, -0.2) is 0 Å². The third-order valence-corrected chi connectivity index (χ3v) is 6.66. The van der Waals surface area contributed by atoms with Gasteiger partial charge in [-0.3, -0.25) is 9.59 Å². The average molecular weight is 380 g/mol. The molecule has 0 saturated carbocycles. The third kappa shape index (κ3) is 2.77. The molecule has 0 spiro atoms. The maximum Gasteiger partial charge on any atom is 0.265 e. The van der Waals surface area contributed by atoms with Crippen LogP contribution in [0, 0.1) is 6.92 Å². The maximum absolute atomic E-state index is 12.8. The van der Waals surface area contributed by atoms with Crippen LogP contribution in [0.25, 0.3) is 19.5 Å². The number of amides is 2. The van der Waals surface area contributed by atoms with E-state index in [0.717, 1.165) is 15.0 Å². The van der Waals surface area contributed by atoms with Crippen molar-refractivity contribution in [2.45, 2.75) is 6.92 Å². The zero-order chi connectivity index (χ0) is 18.3. The Bertz CT molecular complexity index is 1160. The van der Waals surface area contributed by atoms with Gasteiger partial charge in [-0.15, -0.1) is 22.7 Å². The molecule has 0 aliphatic heterocycles. The van der Waals surface area contributed by atoms with E-state index in [0.29, 0.717) is 16.1 Å². The summed E-state index contributed by atoms with van der Waals surface area (Å²) < 4.78 is 3.46. The number of nitrogens with one attached hydrogen (secondary N) is 2. The molecule has 0 atom stereocenters. The topological polar surface area (TPSA) is 58.2 Å². The van der Waals surface area contributed by atoms with Gasteiger partial charge in [0, 0.05) is 21.8 Å². The molecule has 2 aromatic heterocycles. The highest BCUT2D eigenvalue weighted by Gasteiger charge is 2.18. The fourth-order valence-corrected chi connectivity index (χ4v) is 5.41. The molecule has 0 radical (unpaired) electrons. The van der Waals surface area contributed by atoms with Crippen LogP contribution in [0.2, 0.25) is 0 Å². The van der Waals surface area contributed by atoms with E-state index in [1.807, 2.05) is 37.3 Å². The predicted molar refractivity (Wildman–Crippen MR) is 110 cm³/mol. The Morgan fingerprint density at radius 1 is 0.923 bits per heavy atom. The van der Waals surface area contributed by atoms with Crippen LogP contribution < -0.4 is 10.6 Å². The van der Waals surface area contributed by atoms with Crippen molar-refractivity contribution < 1.29 is 9.59 Å². The van der Waals surface area contributed by atoms with Crippen molar-refractivity contribution >= 4 is 59.7 Å². The summed E-state index contributed by atoms with van der Waals surface area (Å²) in [6.07, 6.45) is 0. The van der Waals surface area contributed by atoms with E-state index in [2.05, 4.69) is 22.8 Å². The van der Waals surface area contributed by atoms with Gasteiger partial charge in [0.15, 0.2) is 0 Å². The molecule has 26 heavy (non-hydrogen) atoms. The quantitative estimate of drug-likeness (QED) is 0.523. The number of fused-ring (bicyclic) bond motifs is 3. The first-order valence-electron chi connectivity index (χ1n) is 8.12. The highest BCUT2D eigenvalue weighted by molar-refractivity contribution is 7.33. The number of carbonyl (C=O) groups excluding carboxylic acids is 2.